The second-order valence-corrected chi connectivity index (χ2v) is 5.24. The van der Waals surface area contributed by atoms with E-state index >= 15 is 0 Å². The molecular formula is C14H16ClNO3. The molecule has 19 heavy (non-hydrogen) atoms. The quantitative estimate of drug-likeness (QED) is 0.864. The van der Waals surface area contributed by atoms with Gasteiger partial charge in [0, 0.05) is 10.7 Å². The number of amides is 1. The van der Waals surface area contributed by atoms with Gasteiger partial charge in [-0.05, 0) is 44.4 Å². The number of benzene rings is 1. The largest absolute Gasteiger partial charge is 0.452 e. The zero-order valence-corrected chi connectivity index (χ0v) is 11.7. The van der Waals surface area contributed by atoms with Crippen molar-refractivity contribution in [1.29, 1.82) is 0 Å². The van der Waals surface area contributed by atoms with Crippen LogP contribution in [0.4, 0.5) is 5.69 Å². The van der Waals surface area contributed by atoms with Gasteiger partial charge in [0.15, 0.2) is 6.10 Å². The fourth-order valence-corrected chi connectivity index (χ4v) is 1.78. The molecule has 1 aromatic rings. The maximum atomic E-state index is 11.9. The number of esters is 1. The van der Waals surface area contributed by atoms with Gasteiger partial charge in [-0.15, -0.1) is 0 Å². The summed E-state index contributed by atoms with van der Waals surface area (Å²) >= 11 is 5.88. The Hall–Kier alpha value is -1.55. The van der Waals surface area contributed by atoms with Gasteiger partial charge >= 0.3 is 5.97 Å². The Kier molecular flexibility index (Phi) is 4.10. The second-order valence-electron chi connectivity index (χ2n) is 4.80. The van der Waals surface area contributed by atoms with E-state index in [0.717, 1.165) is 18.4 Å². The maximum absolute atomic E-state index is 11.9. The third kappa shape index (κ3) is 3.70. The lowest BCUT2D eigenvalue weighted by molar-refractivity contribution is -0.154. The molecule has 1 amide bonds. The van der Waals surface area contributed by atoms with Crippen LogP contribution < -0.4 is 5.32 Å². The van der Waals surface area contributed by atoms with Crippen LogP contribution in [-0.4, -0.2) is 18.0 Å². The molecular weight excluding hydrogens is 266 g/mol. The molecule has 1 N–H and O–H groups in total. The molecule has 0 aliphatic heterocycles. The number of nitrogens with one attached hydrogen (secondary N) is 1. The zero-order chi connectivity index (χ0) is 14.0. The highest BCUT2D eigenvalue weighted by molar-refractivity contribution is 6.31. The molecule has 5 heteroatoms. The molecule has 0 spiro atoms. The molecule has 0 heterocycles. The molecule has 0 aromatic heterocycles. The van der Waals surface area contributed by atoms with Gasteiger partial charge in [-0.3, -0.25) is 9.59 Å². The summed E-state index contributed by atoms with van der Waals surface area (Å²) in [4.78, 5) is 23.4. The molecule has 0 saturated heterocycles. The van der Waals surface area contributed by atoms with Gasteiger partial charge in [0.1, 0.15) is 0 Å². The summed E-state index contributed by atoms with van der Waals surface area (Å²) in [7, 11) is 0. The minimum absolute atomic E-state index is 0.0110. The molecule has 1 aliphatic carbocycles. The first-order valence-electron chi connectivity index (χ1n) is 6.25. The van der Waals surface area contributed by atoms with Gasteiger partial charge in [0.25, 0.3) is 5.91 Å². The van der Waals surface area contributed by atoms with Crippen molar-refractivity contribution in [1.82, 2.24) is 0 Å². The summed E-state index contributed by atoms with van der Waals surface area (Å²) in [5.74, 6) is -0.645. The van der Waals surface area contributed by atoms with Crippen molar-refractivity contribution in [3.8, 4) is 0 Å². The molecule has 1 aromatic carbocycles. The molecule has 0 radical (unpaired) electrons. The molecule has 102 valence electrons. The van der Waals surface area contributed by atoms with Gasteiger partial charge in [0.2, 0.25) is 0 Å². The first-order valence-corrected chi connectivity index (χ1v) is 6.62. The van der Waals surface area contributed by atoms with Gasteiger partial charge in [0.05, 0.1) is 5.92 Å². The van der Waals surface area contributed by atoms with Crippen LogP contribution in [0.2, 0.25) is 5.02 Å². The lowest BCUT2D eigenvalue weighted by Gasteiger charge is -2.14. The Labute approximate surface area is 117 Å². The summed E-state index contributed by atoms with van der Waals surface area (Å²) in [5.41, 5.74) is 1.53. The molecule has 1 fully saturated rings. The van der Waals surface area contributed by atoms with Crippen molar-refractivity contribution in [2.75, 3.05) is 5.32 Å². The number of carbonyl (C=O) groups excluding carboxylic acids is 2. The summed E-state index contributed by atoms with van der Waals surface area (Å²) in [6.45, 7) is 3.43. The number of rotatable bonds is 4. The van der Waals surface area contributed by atoms with Crippen LogP contribution in [0.3, 0.4) is 0 Å². The lowest BCUT2D eigenvalue weighted by Crippen LogP contribution is -2.30. The van der Waals surface area contributed by atoms with Crippen molar-refractivity contribution in [3.63, 3.8) is 0 Å². The number of anilines is 1. The topological polar surface area (TPSA) is 55.4 Å². The maximum Gasteiger partial charge on any atom is 0.309 e. The Morgan fingerprint density at radius 3 is 2.74 bits per heavy atom. The van der Waals surface area contributed by atoms with Crippen LogP contribution in [0.5, 0.6) is 0 Å². The average molecular weight is 282 g/mol. The molecule has 0 bridgehead atoms. The SMILES string of the molecule is Cc1ccc(Cl)cc1NC(=O)C(C)OC(=O)C1CC1. The number of hydrogen-bond donors (Lipinski definition) is 1. The number of hydrogen-bond acceptors (Lipinski definition) is 3. The van der Waals surface area contributed by atoms with Crippen molar-refractivity contribution in [2.45, 2.75) is 32.8 Å². The Balaban J connectivity index is 1.95. The van der Waals surface area contributed by atoms with Crippen LogP contribution in [0.25, 0.3) is 0 Å². The Bertz CT molecular complexity index is 511. The Morgan fingerprint density at radius 1 is 1.42 bits per heavy atom. The van der Waals surface area contributed by atoms with E-state index < -0.39 is 6.10 Å². The van der Waals surface area contributed by atoms with Crippen LogP contribution >= 0.6 is 11.6 Å². The molecule has 1 saturated carbocycles. The van der Waals surface area contributed by atoms with Gasteiger partial charge in [-0.1, -0.05) is 17.7 Å². The highest BCUT2D eigenvalue weighted by Gasteiger charge is 2.33. The van der Waals surface area contributed by atoms with Crippen LogP contribution in [0.1, 0.15) is 25.3 Å². The smallest absolute Gasteiger partial charge is 0.309 e. The van der Waals surface area contributed by atoms with E-state index in [2.05, 4.69) is 5.32 Å². The van der Waals surface area contributed by atoms with E-state index in [0.29, 0.717) is 10.7 Å². The van der Waals surface area contributed by atoms with Crippen molar-refractivity contribution >= 4 is 29.2 Å². The number of halogens is 1. The number of ether oxygens (including phenoxy) is 1. The van der Waals surface area contributed by atoms with E-state index in [9.17, 15) is 9.59 Å². The van der Waals surface area contributed by atoms with E-state index in [1.807, 2.05) is 13.0 Å². The molecule has 1 atom stereocenters. The average Bonchev–Trinajstić information content (AvgIpc) is 3.17. The molecule has 1 unspecified atom stereocenters. The lowest BCUT2D eigenvalue weighted by atomic mass is 10.2. The van der Waals surface area contributed by atoms with Crippen LogP contribution in [0, 0.1) is 12.8 Å². The van der Waals surface area contributed by atoms with Crippen molar-refractivity contribution in [2.24, 2.45) is 5.92 Å². The van der Waals surface area contributed by atoms with Crippen LogP contribution in [-0.2, 0) is 14.3 Å². The van der Waals surface area contributed by atoms with Gasteiger partial charge in [-0.2, -0.15) is 0 Å². The fraction of sp³-hybridized carbons (Fsp3) is 0.429. The predicted octanol–water partition coefficient (Wildman–Crippen LogP) is 2.93. The first-order chi connectivity index (χ1) is 8.97. The van der Waals surface area contributed by atoms with E-state index in [-0.39, 0.29) is 17.8 Å². The van der Waals surface area contributed by atoms with Gasteiger partial charge < -0.3 is 10.1 Å². The summed E-state index contributed by atoms with van der Waals surface area (Å²) in [6.07, 6.45) is 0.924. The molecule has 4 nitrogen and oxygen atoms in total. The van der Waals surface area contributed by atoms with E-state index in [1.165, 1.54) is 0 Å². The van der Waals surface area contributed by atoms with E-state index in [1.54, 1.807) is 19.1 Å². The highest BCUT2D eigenvalue weighted by atomic mass is 35.5. The van der Waals surface area contributed by atoms with Crippen LogP contribution in [0.15, 0.2) is 18.2 Å². The summed E-state index contributed by atoms with van der Waals surface area (Å²) in [6, 6.07) is 5.24. The summed E-state index contributed by atoms with van der Waals surface area (Å²) in [5, 5.41) is 3.26. The number of aryl methyl sites for hydroxylation is 1. The third-order valence-electron chi connectivity index (χ3n) is 3.03. The molecule has 2 rings (SSSR count). The monoisotopic (exact) mass is 281 g/mol. The van der Waals surface area contributed by atoms with E-state index in [4.69, 9.17) is 16.3 Å². The number of carbonyl (C=O) groups is 2. The predicted molar refractivity (Wildman–Crippen MR) is 73.1 cm³/mol. The standard InChI is InChI=1S/C14H16ClNO3/c1-8-3-6-11(15)7-12(8)16-13(17)9(2)19-14(18)10-4-5-10/h3,6-7,9-10H,4-5H2,1-2H3,(H,16,17). The normalized spacial score (nSPS) is 15.7. The van der Waals surface area contributed by atoms with Crippen molar-refractivity contribution < 1.29 is 14.3 Å². The summed E-state index contributed by atoms with van der Waals surface area (Å²) < 4.78 is 5.09. The van der Waals surface area contributed by atoms with Crippen molar-refractivity contribution in [3.05, 3.63) is 28.8 Å². The van der Waals surface area contributed by atoms with Gasteiger partial charge in [-0.25, -0.2) is 0 Å². The Morgan fingerprint density at radius 2 is 2.11 bits per heavy atom. The third-order valence-corrected chi connectivity index (χ3v) is 3.27. The first kappa shape index (κ1) is 13.9. The zero-order valence-electron chi connectivity index (χ0n) is 10.9. The fourth-order valence-electron chi connectivity index (χ4n) is 1.61. The second kappa shape index (κ2) is 5.61. The minimum Gasteiger partial charge on any atom is -0.452 e. The minimum atomic E-state index is -0.800. The molecule has 1 aliphatic rings. The highest BCUT2D eigenvalue weighted by Crippen LogP contribution is 2.30.